The van der Waals surface area contributed by atoms with Crippen LogP contribution in [0.4, 0.5) is 0 Å². The van der Waals surface area contributed by atoms with Crippen molar-refractivity contribution in [3.8, 4) is 0 Å². The Morgan fingerprint density at radius 2 is 1.79 bits per heavy atom. The highest BCUT2D eigenvalue weighted by Gasteiger charge is 2.19. The van der Waals surface area contributed by atoms with Gasteiger partial charge in [-0.1, -0.05) is 19.3 Å². The van der Waals surface area contributed by atoms with Crippen LogP contribution in [0.3, 0.4) is 0 Å². The van der Waals surface area contributed by atoms with E-state index in [2.05, 4.69) is 39.4 Å². The second-order valence-corrected chi connectivity index (χ2v) is 7.58. The molecule has 1 aliphatic heterocycles. The van der Waals surface area contributed by atoms with Gasteiger partial charge < -0.3 is 20.4 Å². The molecular weight excluding hydrogens is 298 g/mol. The molecule has 0 aromatic heterocycles. The Morgan fingerprint density at radius 3 is 2.50 bits per heavy atom. The lowest BCUT2D eigenvalue weighted by atomic mass is 10.0. The van der Waals surface area contributed by atoms with E-state index in [0.717, 1.165) is 37.7 Å². The number of nitrogens with zero attached hydrogens (tertiary/aromatic N) is 3. The number of guanidine groups is 1. The summed E-state index contributed by atoms with van der Waals surface area (Å²) in [7, 11) is 4.12. The zero-order valence-corrected chi connectivity index (χ0v) is 16.2. The molecule has 0 aromatic rings. The topological polar surface area (TPSA) is 42.9 Å². The smallest absolute Gasteiger partial charge is 0.191 e. The largest absolute Gasteiger partial charge is 0.356 e. The second-order valence-electron chi connectivity index (χ2n) is 7.58. The molecule has 2 fully saturated rings. The molecule has 0 amide bonds. The molecule has 5 heteroatoms. The van der Waals surface area contributed by atoms with Crippen molar-refractivity contribution >= 4 is 5.96 Å². The summed E-state index contributed by atoms with van der Waals surface area (Å²) in [5.74, 6) is 0.946. The van der Waals surface area contributed by atoms with Gasteiger partial charge >= 0.3 is 0 Å². The van der Waals surface area contributed by atoms with Crippen molar-refractivity contribution in [2.45, 2.75) is 70.4 Å². The zero-order chi connectivity index (χ0) is 17.2. The molecular formula is C19H39N5. The highest BCUT2D eigenvalue weighted by Crippen LogP contribution is 2.21. The fourth-order valence-electron chi connectivity index (χ4n) is 4.08. The molecule has 140 valence electrons. The third kappa shape index (κ3) is 6.60. The van der Waals surface area contributed by atoms with Crippen LogP contribution < -0.4 is 10.6 Å². The van der Waals surface area contributed by atoms with E-state index in [9.17, 15) is 0 Å². The average Bonchev–Trinajstić information content (AvgIpc) is 3.13. The summed E-state index contributed by atoms with van der Waals surface area (Å²) in [6.07, 6.45) is 10.9. The van der Waals surface area contributed by atoms with Gasteiger partial charge in [0.2, 0.25) is 0 Å². The van der Waals surface area contributed by atoms with E-state index in [4.69, 9.17) is 0 Å². The first-order chi connectivity index (χ1) is 11.7. The number of nitrogens with one attached hydrogen (secondary N) is 2. The molecule has 24 heavy (non-hydrogen) atoms. The normalized spacial score (nSPS) is 23.8. The third-order valence-corrected chi connectivity index (χ3v) is 5.78. The Balaban J connectivity index is 1.53. The molecule has 2 aliphatic rings. The Labute approximate surface area is 149 Å². The van der Waals surface area contributed by atoms with Crippen molar-refractivity contribution in [2.75, 3.05) is 46.8 Å². The lowest BCUT2D eigenvalue weighted by Crippen LogP contribution is -2.43. The van der Waals surface area contributed by atoms with Gasteiger partial charge in [0.15, 0.2) is 5.96 Å². The predicted molar refractivity (Wildman–Crippen MR) is 104 cm³/mol. The Bertz CT molecular complexity index is 365. The van der Waals surface area contributed by atoms with E-state index < -0.39 is 0 Å². The minimum Gasteiger partial charge on any atom is -0.356 e. The number of hydrogen-bond donors (Lipinski definition) is 2. The number of hydrogen-bond acceptors (Lipinski definition) is 3. The first kappa shape index (κ1) is 19.5. The molecule has 0 aromatic carbocycles. The maximum atomic E-state index is 4.34. The minimum absolute atomic E-state index is 0.766. The quantitative estimate of drug-likeness (QED) is 0.405. The van der Waals surface area contributed by atoms with Crippen LogP contribution in [0.5, 0.6) is 0 Å². The number of likely N-dealkylation sites (tertiary alicyclic amines) is 1. The average molecular weight is 338 g/mol. The summed E-state index contributed by atoms with van der Waals surface area (Å²) in [5, 5.41) is 6.92. The van der Waals surface area contributed by atoms with Crippen molar-refractivity contribution in [3.63, 3.8) is 0 Å². The Kier molecular flexibility index (Phi) is 8.89. The van der Waals surface area contributed by atoms with E-state index in [1.54, 1.807) is 0 Å². The van der Waals surface area contributed by atoms with E-state index in [1.165, 1.54) is 64.5 Å². The minimum atomic E-state index is 0.766. The maximum Gasteiger partial charge on any atom is 0.191 e. The third-order valence-electron chi connectivity index (χ3n) is 5.78. The Hall–Kier alpha value is -0.810. The van der Waals surface area contributed by atoms with Gasteiger partial charge in [0.1, 0.15) is 0 Å². The van der Waals surface area contributed by atoms with Crippen LogP contribution in [0.1, 0.15) is 58.3 Å². The van der Waals surface area contributed by atoms with E-state index in [-0.39, 0.29) is 0 Å². The molecule has 1 saturated heterocycles. The monoisotopic (exact) mass is 337 g/mol. The molecule has 2 N–H and O–H groups in total. The molecule has 1 atom stereocenters. The lowest BCUT2D eigenvalue weighted by Gasteiger charge is -2.33. The summed E-state index contributed by atoms with van der Waals surface area (Å²) < 4.78 is 0. The van der Waals surface area contributed by atoms with Crippen molar-refractivity contribution in [1.29, 1.82) is 0 Å². The van der Waals surface area contributed by atoms with Gasteiger partial charge in [-0.2, -0.15) is 0 Å². The number of piperidine rings is 1. The van der Waals surface area contributed by atoms with Gasteiger partial charge in [0.25, 0.3) is 0 Å². The predicted octanol–water partition coefficient (Wildman–Crippen LogP) is 2.29. The van der Waals surface area contributed by atoms with Gasteiger partial charge in [-0.05, 0) is 52.6 Å². The molecule has 0 spiro atoms. The SMILES string of the molecule is CN=C(NCCCN1CCCCC1C)NCCN(C)C1CCCC1. The summed E-state index contributed by atoms with van der Waals surface area (Å²) in [6, 6.07) is 1.57. The Morgan fingerprint density at radius 1 is 1.08 bits per heavy atom. The molecule has 2 rings (SSSR count). The molecule has 1 aliphatic carbocycles. The lowest BCUT2D eigenvalue weighted by molar-refractivity contribution is 0.159. The summed E-state index contributed by atoms with van der Waals surface area (Å²) in [6.45, 7) is 7.92. The van der Waals surface area contributed by atoms with Crippen LogP contribution in [0.15, 0.2) is 4.99 Å². The van der Waals surface area contributed by atoms with Crippen LogP contribution in [0.25, 0.3) is 0 Å². The van der Waals surface area contributed by atoms with Crippen molar-refractivity contribution in [2.24, 2.45) is 4.99 Å². The van der Waals surface area contributed by atoms with Crippen LogP contribution in [-0.2, 0) is 0 Å². The summed E-state index contributed by atoms with van der Waals surface area (Å²) in [5.41, 5.74) is 0. The number of likely N-dealkylation sites (N-methyl/N-ethyl adjacent to an activating group) is 1. The first-order valence-electron chi connectivity index (χ1n) is 10.1. The van der Waals surface area contributed by atoms with Crippen molar-refractivity contribution < 1.29 is 0 Å². The van der Waals surface area contributed by atoms with Crippen LogP contribution in [-0.4, -0.2) is 74.7 Å². The summed E-state index contributed by atoms with van der Waals surface area (Å²) in [4.78, 5) is 9.49. The van der Waals surface area contributed by atoms with Crippen molar-refractivity contribution in [3.05, 3.63) is 0 Å². The molecule has 0 bridgehead atoms. The highest BCUT2D eigenvalue weighted by atomic mass is 15.2. The molecule has 5 nitrogen and oxygen atoms in total. The van der Waals surface area contributed by atoms with Crippen molar-refractivity contribution in [1.82, 2.24) is 20.4 Å². The zero-order valence-electron chi connectivity index (χ0n) is 16.2. The van der Waals surface area contributed by atoms with Crippen LogP contribution in [0, 0.1) is 0 Å². The molecule has 1 saturated carbocycles. The fourth-order valence-corrected chi connectivity index (χ4v) is 4.08. The van der Waals surface area contributed by atoms with Gasteiger partial charge in [0.05, 0.1) is 0 Å². The van der Waals surface area contributed by atoms with E-state index in [1.807, 2.05) is 7.05 Å². The van der Waals surface area contributed by atoms with Gasteiger partial charge in [0, 0.05) is 45.3 Å². The van der Waals surface area contributed by atoms with Gasteiger partial charge in [-0.3, -0.25) is 4.99 Å². The number of aliphatic imine (C=N–C) groups is 1. The highest BCUT2D eigenvalue weighted by molar-refractivity contribution is 5.79. The standard InChI is InChI=1S/C19H39N5/c1-17-9-6-7-14-24(17)15-8-12-21-19(20-2)22-13-16-23(3)18-10-4-5-11-18/h17-18H,4-16H2,1-3H3,(H2,20,21,22). The van der Waals surface area contributed by atoms with Gasteiger partial charge in [-0.15, -0.1) is 0 Å². The van der Waals surface area contributed by atoms with E-state index >= 15 is 0 Å². The van der Waals surface area contributed by atoms with Crippen LogP contribution in [0.2, 0.25) is 0 Å². The second kappa shape index (κ2) is 10.9. The number of rotatable bonds is 8. The molecule has 1 unspecified atom stereocenters. The first-order valence-corrected chi connectivity index (χ1v) is 10.1. The summed E-state index contributed by atoms with van der Waals surface area (Å²) >= 11 is 0. The molecule has 1 heterocycles. The molecule has 0 radical (unpaired) electrons. The van der Waals surface area contributed by atoms with Gasteiger partial charge in [-0.25, -0.2) is 0 Å². The van der Waals surface area contributed by atoms with E-state index in [0.29, 0.717) is 0 Å². The fraction of sp³-hybridized carbons (Fsp3) is 0.947. The maximum absolute atomic E-state index is 4.34. The van der Waals surface area contributed by atoms with Crippen LogP contribution >= 0.6 is 0 Å².